The molecule has 1 aliphatic rings. The Morgan fingerprint density at radius 1 is 1.47 bits per heavy atom. The van der Waals surface area contributed by atoms with Gasteiger partial charge in [0.2, 0.25) is 0 Å². The Bertz CT molecular complexity index is 470. The molecule has 1 aromatic carbocycles. The maximum Gasteiger partial charge on any atom is 0.303 e. The van der Waals surface area contributed by atoms with E-state index in [1.165, 1.54) is 19.2 Å². The minimum Gasteiger partial charge on any atom is -0.496 e. The Labute approximate surface area is 110 Å². The maximum atomic E-state index is 12.9. The fourth-order valence-electron chi connectivity index (χ4n) is 2.40. The van der Waals surface area contributed by atoms with E-state index in [9.17, 15) is 13.6 Å². The Hall–Kier alpha value is -1.65. The van der Waals surface area contributed by atoms with Crippen molar-refractivity contribution in [3.63, 3.8) is 0 Å². The number of carboxylic acids is 1. The number of carboxylic acid groups (broad SMARTS) is 1. The Morgan fingerprint density at radius 3 is 2.63 bits per heavy atom. The average Bonchev–Trinajstić information content (AvgIpc) is 3.19. The molecule has 0 aromatic heterocycles. The van der Waals surface area contributed by atoms with Crippen LogP contribution in [-0.2, 0) is 4.79 Å². The van der Waals surface area contributed by atoms with Crippen molar-refractivity contribution in [2.24, 2.45) is 5.92 Å². The summed E-state index contributed by atoms with van der Waals surface area (Å²) in [6, 6.07) is 4.57. The van der Waals surface area contributed by atoms with E-state index in [-0.39, 0.29) is 23.7 Å². The zero-order chi connectivity index (χ0) is 14.0. The summed E-state index contributed by atoms with van der Waals surface area (Å²) in [5, 5.41) is 8.93. The second kappa shape index (κ2) is 5.55. The summed E-state index contributed by atoms with van der Waals surface area (Å²) in [6.07, 6.45) is -0.707. The van der Waals surface area contributed by atoms with Crippen molar-refractivity contribution in [2.45, 2.75) is 31.6 Å². The highest BCUT2D eigenvalue weighted by atomic mass is 19.3. The smallest absolute Gasteiger partial charge is 0.303 e. The summed E-state index contributed by atoms with van der Waals surface area (Å²) < 4.78 is 30.8. The van der Waals surface area contributed by atoms with E-state index in [0.29, 0.717) is 11.5 Å². The molecule has 1 saturated carbocycles. The molecule has 1 unspecified atom stereocenters. The molecule has 3 nitrogen and oxygen atoms in total. The van der Waals surface area contributed by atoms with Crippen molar-refractivity contribution in [3.8, 4) is 5.75 Å². The summed E-state index contributed by atoms with van der Waals surface area (Å²) in [7, 11) is 1.34. The molecule has 0 aliphatic heterocycles. The Morgan fingerprint density at radius 2 is 2.16 bits per heavy atom. The van der Waals surface area contributed by atoms with Gasteiger partial charge in [-0.3, -0.25) is 4.79 Å². The SMILES string of the molecule is COc1ccc(C(CC(=O)O)C2CC2)cc1C(F)F. The third-order valence-electron chi connectivity index (χ3n) is 3.50. The van der Waals surface area contributed by atoms with Crippen molar-refractivity contribution >= 4 is 5.97 Å². The second-order valence-corrected chi connectivity index (χ2v) is 4.84. The molecular formula is C14H16F2O3. The van der Waals surface area contributed by atoms with Crippen LogP contribution in [0.1, 0.15) is 42.7 Å². The highest BCUT2D eigenvalue weighted by Gasteiger charge is 2.34. The summed E-state index contributed by atoms with van der Waals surface area (Å²) >= 11 is 0. The molecule has 0 spiro atoms. The van der Waals surface area contributed by atoms with E-state index >= 15 is 0 Å². The fourth-order valence-corrected chi connectivity index (χ4v) is 2.40. The number of rotatable bonds is 6. The largest absolute Gasteiger partial charge is 0.496 e. The molecule has 0 bridgehead atoms. The lowest BCUT2D eigenvalue weighted by Gasteiger charge is -2.17. The molecule has 1 fully saturated rings. The second-order valence-electron chi connectivity index (χ2n) is 4.84. The minimum atomic E-state index is -2.63. The van der Waals surface area contributed by atoms with Crippen LogP contribution in [0.15, 0.2) is 18.2 Å². The molecule has 1 N–H and O–H groups in total. The lowest BCUT2D eigenvalue weighted by molar-refractivity contribution is -0.137. The van der Waals surface area contributed by atoms with Crippen molar-refractivity contribution < 1.29 is 23.4 Å². The number of carbonyl (C=O) groups is 1. The van der Waals surface area contributed by atoms with Crippen LogP contribution in [0.25, 0.3) is 0 Å². The van der Waals surface area contributed by atoms with Crippen molar-refractivity contribution in [2.75, 3.05) is 7.11 Å². The molecule has 19 heavy (non-hydrogen) atoms. The van der Waals surface area contributed by atoms with Crippen LogP contribution in [0.4, 0.5) is 8.78 Å². The van der Waals surface area contributed by atoms with Gasteiger partial charge in [0, 0.05) is 0 Å². The standard InChI is InChI=1S/C14H16F2O3/c1-19-12-5-4-9(6-11(12)14(15)16)10(7-13(17)18)8-2-3-8/h4-6,8,10,14H,2-3,7H2,1H3,(H,17,18). The van der Waals surface area contributed by atoms with Gasteiger partial charge in [-0.1, -0.05) is 6.07 Å². The van der Waals surface area contributed by atoms with Gasteiger partial charge in [-0.15, -0.1) is 0 Å². The van der Waals surface area contributed by atoms with Crippen molar-refractivity contribution in [1.29, 1.82) is 0 Å². The predicted octanol–water partition coefficient (Wildman–Crippen LogP) is 3.60. The van der Waals surface area contributed by atoms with Gasteiger partial charge < -0.3 is 9.84 Å². The highest BCUT2D eigenvalue weighted by Crippen LogP contribution is 2.45. The molecule has 2 rings (SSSR count). The first-order valence-corrected chi connectivity index (χ1v) is 6.20. The first-order chi connectivity index (χ1) is 9.02. The molecule has 1 atom stereocenters. The van der Waals surface area contributed by atoms with Gasteiger partial charge in [0.25, 0.3) is 6.43 Å². The number of aliphatic carboxylic acids is 1. The summed E-state index contributed by atoms with van der Waals surface area (Å²) in [6.45, 7) is 0. The first kappa shape index (κ1) is 13.8. The van der Waals surface area contributed by atoms with E-state index in [1.54, 1.807) is 6.07 Å². The van der Waals surface area contributed by atoms with E-state index in [1.807, 2.05) is 0 Å². The third kappa shape index (κ3) is 3.22. The quantitative estimate of drug-likeness (QED) is 0.859. The molecule has 0 radical (unpaired) electrons. The van der Waals surface area contributed by atoms with Crippen LogP contribution in [-0.4, -0.2) is 18.2 Å². The van der Waals surface area contributed by atoms with Gasteiger partial charge in [-0.2, -0.15) is 0 Å². The number of hydrogen-bond donors (Lipinski definition) is 1. The molecule has 1 aromatic rings. The fraction of sp³-hybridized carbons (Fsp3) is 0.500. The van der Waals surface area contributed by atoms with Crippen LogP contribution in [0.3, 0.4) is 0 Å². The van der Waals surface area contributed by atoms with Crippen molar-refractivity contribution in [3.05, 3.63) is 29.3 Å². The van der Waals surface area contributed by atoms with E-state index < -0.39 is 12.4 Å². The maximum absolute atomic E-state index is 12.9. The van der Waals surface area contributed by atoms with Crippen LogP contribution in [0.2, 0.25) is 0 Å². The Kier molecular flexibility index (Phi) is 4.02. The minimum absolute atomic E-state index is 0.0142. The zero-order valence-electron chi connectivity index (χ0n) is 10.6. The highest BCUT2D eigenvalue weighted by molar-refractivity contribution is 5.68. The summed E-state index contributed by atoms with van der Waals surface area (Å²) in [5.74, 6) is -0.633. The molecule has 0 amide bonds. The third-order valence-corrected chi connectivity index (χ3v) is 3.50. The van der Waals surface area contributed by atoms with Gasteiger partial charge >= 0.3 is 5.97 Å². The van der Waals surface area contributed by atoms with Crippen LogP contribution < -0.4 is 4.74 Å². The average molecular weight is 270 g/mol. The number of ether oxygens (including phenoxy) is 1. The monoisotopic (exact) mass is 270 g/mol. The number of hydrogen-bond acceptors (Lipinski definition) is 2. The lowest BCUT2D eigenvalue weighted by Crippen LogP contribution is -2.09. The first-order valence-electron chi connectivity index (χ1n) is 6.20. The number of methoxy groups -OCH3 is 1. The molecular weight excluding hydrogens is 254 g/mol. The number of alkyl halides is 2. The van der Waals surface area contributed by atoms with Gasteiger partial charge in [0.05, 0.1) is 19.1 Å². The summed E-state index contributed by atoms with van der Waals surface area (Å²) in [5.41, 5.74) is 0.497. The molecule has 0 heterocycles. The van der Waals surface area contributed by atoms with Crippen molar-refractivity contribution in [1.82, 2.24) is 0 Å². The summed E-state index contributed by atoms with van der Waals surface area (Å²) in [4.78, 5) is 10.9. The normalized spacial score (nSPS) is 16.4. The lowest BCUT2D eigenvalue weighted by atomic mass is 9.90. The molecule has 1 aliphatic carbocycles. The predicted molar refractivity (Wildman–Crippen MR) is 65.7 cm³/mol. The molecule has 5 heteroatoms. The van der Waals surface area contributed by atoms with E-state index in [4.69, 9.17) is 9.84 Å². The van der Waals surface area contributed by atoms with Crippen LogP contribution in [0, 0.1) is 5.92 Å². The Balaban J connectivity index is 2.31. The van der Waals surface area contributed by atoms with E-state index in [2.05, 4.69) is 0 Å². The van der Waals surface area contributed by atoms with Gasteiger partial charge in [0.1, 0.15) is 5.75 Å². The topological polar surface area (TPSA) is 46.5 Å². The van der Waals surface area contributed by atoms with Crippen LogP contribution in [0.5, 0.6) is 5.75 Å². The number of benzene rings is 1. The van der Waals surface area contributed by atoms with Gasteiger partial charge in [-0.25, -0.2) is 8.78 Å². The van der Waals surface area contributed by atoms with Crippen LogP contribution >= 0.6 is 0 Å². The molecule has 104 valence electrons. The van der Waals surface area contributed by atoms with Gasteiger partial charge in [-0.05, 0) is 42.4 Å². The zero-order valence-corrected chi connectivity index (χ0v) is 10.6. The number of halogens is 2. The molecule has 0 saturated heterocycles. The van der Waals surface area contributed by atoms with Gasteiger partial charge in [0.15, 0.2) is 0 Å². The van der Waals surface area contributed by atoms with E-state index in [0.717, 1.165) is 12.8 Å².